The maximum absolute atomic E-state index is 6.05. The smallest absolute Gasteiger partial charge is 0.221 e. The van der Waals surface area contributed by atoms with Crippen LogP contribution in [0.4, 0.5) is 11.8 Å². The zero-order valence-electron chi connectivity index (χ0n) is 8.82. The molecular weight excluding hydrogens is 304 g/mol. The second-order valence-electron chi connectivity index (χ2n) is 3.37. The van der Waals surface area contributed by atoms with Crippen LogP contribution in [0, 0.1) is 0 Å². The van der Waals surface area contributed by atoms with Gasteiger partial charge in [-0.15, -0.1) is 0 Å². The van der Waals surface area contributed by atoms with Crippen molar-refractivity contribution < 1.29 is 0 Å². The minimum atomic E-state index is 0.231. The van der Waals surface area contributed by atoms with Gasteiger partial charge in [0.15, 0.2) is 0 Å². The standard InChI is InChI=1S/C11H10BrClN4/c12-8-6-16-11(14)17-10(8)15-5-7-3-1-2-4-9(7)13/h1-4,6H,5H2,(H3,14,15,16,17). The summed E-state index contributed by atoms with van der Waals surface area (Å²) >= 11 is 9.40. The van der Waals surface area contributed by atoms with Crippen molar-refractivity contribution in [2.45, 2.75) is 6.54 Å². The molecule has 0 bridgehead atoms. The van der Waals surface area contributed by atoms with Gasteiger partial charge in [0.2, 0.25) is 5.95 Å². The first-order valence-corrected chi connectivity index (χ1v) is 6.09. The Balaban J connectivity index is 2.12. The van der Waals surface area contributed by atoms with Crippen molar-refractivity contribution in [2.24, 2.45) is 0 Å². The van der Waals surface area contributed by atoms with Crippen LogP contribution in [0.15, 0.2) is 34.9 Å². The van der Waals surface area contributed by atoms with E-state index in [4.69, 9.17) is 17.3 Å². The monoisotopic (exact) mass is 312 g/mol. The van der Waals surface area contributed by atoms with Gasteiger partial charge in [-0.2, -0.15) is 4.98 Å². The summed E-state index contributed by atoms with van der Waals surface area (Å²) in [6.07, 6.45) is 1.61. The number of anilines is 2. The summed E-state index contributed by atoms with van der Waals surface area (Å²) in [5.74, 6) is 0.882. The van der Waals surface area contributed by atoms with Gasteiger partial charge < -0.3 is 11.1 Å². The lowest BCUT2D eigenvalue weighted by atomic mass is 10.2. The van der Waals surface area contributed by atoms with Crippen LogP contribution in [-0.2, 0) is 6.54 Å². The van der Waals surface area contributed by atoms with E-state index in [1.807, 2.05) is 24.3 Å². The molecule has 0 amide bonds. The number of hydrogen-bond acceptors (Lipinski definition) is 4. The summed E-state index contributed by atoms with van der Waals surface area (Å²) in [5.41, 5.74) is 6.52. The topological polar surface area (TPSA) is 63.8 Å². The van der Waals surface area contributed by atoms with Gasteiger partial charge in [0.1, 0.15) is 5.82 Å². The molecule has 2 rings (SSSR count). The summed E-state index contributed by atoms with van der Waals surface area (Å²) < 4.78 is 0.763. The molecule has 17 heavy (non-hydrogen) atoms. The Morgan fingerprint density at radius 2 is 2.12 bits per heavy atom. The van der Waals surface area contributed by atoms with Crippen molar-refractivity contribution in [3.63, 3.8) is 0 Å². The molecule has 3 N–H and O–H groups in total. The number of nitrogens with zero attached hydrogens (tertiary/aromatic N) is 2. The third-order valence-electron chi connectivity index (χ3n) is 2.17. The summed E-state index contributed by atoms with van der Waals surface area (Å²) in [6, 6.07) is 7.63. The predicted molar refractivity (Wildman–Crippen MR) is 72.9 cm³/mol. The molecule has 4 nitrogen and oxygen atoms in total. The number of nitrogen functional groups attached to an aromatic ring is 1. The van der Waals surface area contributed by atoms with Gasteiger partial charge in [0, 0.05) is 17.8 Å². The molecule has 1 heterocycles. The van der Waals surface area contributed by atoms with Crippen LogP contribution in [-0.4, -0.2) is 9.97 Å². The largest absolute Gasteiger partial charge is 0.368 e. The molecule has 0 aliphatic rings. The van der Waals surface area contributed by atoms with E-state index in [0.29, 0.717) is 12.4 Å². The lowest BCUT2D eigenvalue weighted by molar-refractivity contribution is 1.08. The third kappa shape index (κ3) is 3.08. The van der Waals surface area contributed by atoms with Gasteiger partial charge in [-0.25, -0.2) is 4.98 Å². The molecule has 0 atom stereocenters. The number of aromatic nitrogens is 2. The SMILES string of the molecule is Nc1ncc(Br)c(NCc2ccccc2Cl)n1. The molecule has 0 radical (unpaired) electrons. The number of nitrogens with one attached hydrogen (secondary N) is 1. The normalized spacial score (nSPS) is 10.2. The molecule has 0 unspecified atom stereocenters. The Kier molecular flexibility index (Phi) is 3.81. The maximum atomic E-state index is 6.05. The second kappa shape index (κ2) is 5.33. The zero-order valence-corrected chi connectivity index (χ0v) is 11.2. The lowest BCUT2D eigenvalue weighted by Crippen LogP contribution is -2.05. The quantitative estimate of drug-likeness (QED) is 0.914. The van der Waals surface area contributed by atoms with Gasteiger partial charge in [-0.1, -0.05) is 29.8 Å². The highest BCUT2D eigenvalue weighted by Crippen LogP contribution is 2.21. The first-order valence-electron chi connectivity index (χ1n) is 4.92. The van der Waals surface area contributed by atoms with Crippen molar-refractivity contribution in [1.29, 1.82) is 0 Å². The zero-order chi connectivity index (χ0) is 12.3. The molecule has 0 saturated carbocycles. The van der Waals surface area contributed by atoms with E-state index in [0.717, 1.165) is 15.1 Å². The van der Waals surface area contributed by atoms with E-state index in [-0.39, 0.29) is 5.95 Å². The van der Waals surface area contributed by atoms with Crippen LogP contribution in [0.2, 0.25) is 5.02 Å². The minimum absolute atomic E-state index is 0.231. The van der Waals surface area contributed by atoms with E-state index in [2.05, 4.69) is 31.2 Å². The Morgan fingerprint density at radius 1 is 1.35 bits per heavy atom. The summed E-state index contributed by atoms with van der Waals surface area (Å²) in [5, 5.41) is 3.87. The number of halogens is 2. The van der Waals surface area contributed by atoms with Gasteiger partial charge in [0.25, 0.3) is 0 Å². The Hall–Kier alpha value is -1.33. The molecule has 6 heteroatoms. The molecule has 0 spiro atoms. The van der Waals surface area contributed by atoms with Crippen molar-refractivity contribution in [3.8, 4) is 0 Å². The fourth-order valence-electron chi connectivity index (χ4n) is 1.33. The first-order chi connectivity index (χ1) is 8.16. The van der Waals surface area contributed by atoms with Crippen LogP contribution >= 0.6 is 27.5 Å². The molecule has 0 aliphatic heterocycles. The van der Waals surface area contributed by atoms with Crippen molar-refractivity contribution >= 4 is 39.3 Å². The lowest BCUT2D eigenvalue weighted by Gasteiger charge is -2.08. The predicted octanol–water partition coefficient (Wildman–Crippen LogP) is 3.09. The molecule has 88 valence electrons. The third-order valence-corrected chi connectivity index (χ3v) is 3.12. The number of rotatable bonds is 3. The van der Waals surface area contributed by atoms with Crippen LogP contribution in [0.1, 0.15) is 5.56 Å². The minimum Gasteiger partial charge on any atom is -0.368 e. The van der Waals surface area contributed by atoms with Crippen molar-refractivity contribution in [3.05, 3.63) is 45.5 Å². The highest BCUT2D eigenvalue weighted by molar-refractivity contribution is 9.10. The van der Waals surface area contributed by atoms with Crippen LogP contribution in [0.5, 0.6) is 0 Å². The Bertz CT molecular complexity index is 533. The van der Waals surface area contributed by atoms with Gasteiger partial charge in [-0.05, 0) is 27.6 Å². The van der Waals surface area contributed by atoms with E-state index < -0.39 is 0 Å². The Morgan fingerprint density at radius 3 is 2.88 bits per heavy atom. The molecule has 2 aromatic rings. The first kappa shape index (κ1) is 12.1. The number of benzene rings is 1. The maximum Gasteiger partial charge on any atom is 0.221 e. The molecule has 0 saturated heterocycles. The van der Waals surface area contributed by atoms with Crippen molar-refractivity contribution in [1.82, 2.24) is 9.97 Å². The summed E-state index contributed by atoms with van der Waals surface area (Å²) in [7, 11) is 0. The Labute approximate surface area is 112 Å². The molecule has 1 aromatic heterocycles. The van der Waals surface area contributed by atoms with E-state index in [9.17, 15) is 0 Å². The molecule has 1 aromatic carbocycles. The highest BCUT2D eigenvalue weighted by Gasteiger charge is 2.04. The molecule has 0 aliphatic carbocycles. The second-order valence-corrected chi connectivity index (χ2v) is 4.63. The van der Waals surface area contributed by atoms with E-state index in [1.54, 1.807) is 6.20 Å². The van der Waals surface area contributed by atoms with Crippen molar-refractivity contribution in [2.75, 3.05) is 11.1 Å². The number of nitrogens with two attached hydrogens (primary N) is 1. The highest BCUT2D eigenvalue weighted by atomic mass is 79.9. The molecular formula is C11H10BrClN4. The summed E-state index contributed by atoms with van der Waals surface area (Å²) in [4.78, 5) is 7.95. The van der Waals surface area contributed by atoms with Crippen LogP contribution in [0.25, 0.3) is 0 Å². The molecule has 0 fully saturated rings. The van der Waals surface area contributed by atoms with E-state index >= 15 is 0 Å². The summed E-state index contributed by atoms with van der Waals surface area (Å²) in [6.45, 7) is 0.578. The van der Waals surface area contributed by atoms with Gasteiger partial charge >= 0.3 is 0 Å². The van der Waals surface area contributed by atoms with Crippen LogP contribution < -0.4 is 11.1 Å². The van der Waals surface area contributed by atoms with E-state index in [1.165, 1.54) is 0 Å². The fraction of sp³-hybridized carbons (Fsp3) is 0.0909. The average molecular weight is 314 g/mol. The van der Waals surface area contributed by atoms with Crippen LogP contribution in [0.3, 0.4) is 0 Å². The van der Waals surface area contributed by atoms with Gasteiger partial charge in [0.05, 0.1) is 4.47 Å². The average Bonchev–Trinajstić information content (AvgIpc) is 2.32. The van der Waals surface area contributed by atoms with Gasteiger partial charge in [-0.3, -0.25) is 0 Å². The fourth-order valence-corrected chi connectivity index (χ4v) is 1.86. The number of hydrogen-bond donors (Lipinski definition) is 2.